The summed E-state index contributed by atoms with van der Waals surface area (Å²) >= 11 is 6.57. The van der Waals surface area contributed by atoms with Crippen molar-refractivity contribution in [3.8, 4) is 22.9 Å². The normalized spacial score (nSPS) is 28.0. The van der Waals surface area contributed by atoms with Gasteiger partial charge >= 0.3 is 6.01 Å². The maximum absolute atomic E-state index is 16.9. The minimum Gasteiger partial charge on any atom is -0.508 e. The smallest absolute Gasteiger partial charge is 0.319 e. The van der Waals surface area contributed by atoms with E-state index in [1.807, 2.05) is 0 Å². The van der Waals surface area contributed by atoms with Gasteiger partial charge in [-0.15, -0.1) is 0 Å². The van der Waals surface area contributed by atoms with E-state index >= 15 is 8.78 Å². The number of phenols is 1. The summed E-state index contributed by atoms with van der Waals surface area (Å²) in [5, 5.41) is 15.9. The van der Waals surface area contributed by atoms with Gasteiger partial charge < -0.3 is 24.8 Å². The van der Waals surface area contributed by atoms with Gasteiger partial charge in [-0.1, -0.05) is 23.7 Å². The van der Waals surface area contributed by atoms with Crippen molar-refractivity contribution in [2.75, 3.05) is 44.2 Å². The van der Waals surface area contributed by atoms with Gasteiger partial charge in [0.1, 0.15) is 22.9 Å². The Hall–Kier alpha value is -3.31. The van der Waals surface area contributed by atoms with Crippen molar-refractivity contribution in [2.24, 2.45) is 5.41 Å². The van der Waals surface area contributed by atoms with Gasteiger partial charge in [-0.05, 0) is 75.1 Å². The number of aromatic nitrogens is 2. The van der Waals surface area contributed by atoms with Gasteiger partial charge in [-0.2, -0.15) is 9.97 Å². The Bertz CT molecular complexity index is 1910. The highest BCUT2D eigenvalue weighted by atomic mass is 35.5. The molecule has 246 valence electrons. The quantitative estimate of drug-likeness (QED) is 0.234. The Morgan fingerprint density at radius 3 is 2.64 bits per heavy atom. The fraction of sp³-hybridized carbons (Fsp3) is 0.500. The van der Waals surface area contributed by atoms with Crippen LogP contribution >= 0.6 is 11.6 Å². The summed E-state index contributed by atoms with van der Waals surface area (Å²) in [6, 6.07) is 9.71. The van der Waals surface area contributed by atoms with Crippen LogP contribution in [0.15, 0.2) is 36.4 Å². The number of benzene rings is 3. The van der Waals surface area contributed by atoms with Crippen LogP contribution in [-0.2, 0) is 4.74 Å². The van der Waals surface area contributed by atoms with Gasteiger partial charge in [0.2, 0.25) is 0 Å². The first-order chi connectivity index (χ1) is 22.6. The average Bonchev–Trinajstić information content (AvgIpc) is 3.62. The minimum atomic E-state index is -0.838. The van der Waals surface area contributed by atoms with E-state index < -0.39 is 11.6 Å². The Kier molecular flexibility index (Phi) is 6.88. The monoisotopic (exact) mass is 661 g/mol. The lowest BCUT2D eigenvalue weighted by Gasteiger charge is -2.40. The molecular weight excluding hydrogens is 624 g/mol. The first kappa shape index (κ1) is 29.8. The van der Waals surface area contributed by atoms with E-state index in [1.54, 1.807) is 18.2 Å². The Morgan fingerprint density at radius 1 is 1.06 bits per heavy atom. The topological polar surface area (TPSA) is 83.0 Å². The molecule has 3 unspecified atom stereocenters. The van der Waals surface area contributed by atoms with Gasteiger partial charge in [-0.3, -0.25) is 4.90 Å². The van der Waals surface area contributed by atoms with Crippen LogP contribution in [-0.4, -0.2) is 83.1 Å². The zero-order chi connectivity index (χ0) is 32.1. The number of phenolic OH excluding ortho intramolecular Hbond substituents is 1. The van der Waals surface area contributed by atoms with E-state index in [2.05, 4.69) is 27.0 Å². The van der Waals surface area contributed by atoms with Crippen molar-refractivity contribution >= 4 is 39.1 Å². The molecule has 3 aromatic carbocycles. The van der Waals surface area contributed by atoms with E-state index in [0.29, 0.717) is 58.9 Å². The van der Waals surface area contributed by atoms with E-state index in [1.165, 1.54) is 18.2 Å². The van der Waals surface area contributed by atoms with Crippen LogP contribution in [0.25, 0.3) is 32.8 Å². The number of nitrogens with one attached hydrogen (secondary N) is 1. The lowest BCUT2D eigenvalue weighted by Crippen LogP contribution is -2.58. The number of likely N-dealkylation sites (tertiary alicyclic amines) is 1. The summed E-state index contributed by atoms with van der Waals surface area (Å²) < 4.78 is 45.6. The molecular formula is C36H38ClF2N5O3. The predicted molar refractivity (Wildman–Crippen MR) is 177 cm³/mol. The molecule has 5 fully saturated rings. The third-order valence-electron chi connectivity index (χ3n) is 11.0. The molecule has 4 saturated heterocycles. The van der Waals surface area contributed by atoms with Gasteiger partial charge in [0.05, 0.1) is 24.4 Å². The molecule has 5 aliphatic rings. The first-order valence-electron chi connectivity index (χ1n) is 16.8. The molecule has 1 saturated carbocycles. The molecule has 0 amide bonds. The van der Waals surface area contributed by atoms with Gasteiger partial charge in [0.25, 0.3) is 0 Å². The number of morpholine rings is 1. The molecule has 1 aliphatic carbocycles. The van der Waals surface area contributed by atoms with E-state index in [9.17, 15) is 5.11 Å². The molecule has 9 rings (SSSR count). The minimum absolute atomic E-state index is 0.000616. The highest BCUT2D eigenvalue weighted by Gasteiger charge is 2.47. The third kappa shape index (κ3) is 5.28. The lowest BCUT2D eigenvalue weighted by atomic mass is 9.95. The average molecular weight is 662 g/mol. The first-order valence-corrected chi connectivity index (χ1v) is 17.2. The van der Waals surface area contributed by atoms with Gasteiger partial charge in [-0.25, -0.2) is 8.78 Å². The number of rotatable bonds is 7. The molecule has 0 spiro atoms. The second-order valence-corrected chi connectivity index (χ2v) is 15.3. The molecule has 4 aromatic rings. The maximum atomic E-state index is 16.9. The Labute approximate surface area is 277 Å². The number of hydrogen-bond acceptors (Lipinski definition) is 8. The fourth-order valence-corrected chi connectivity index (χ4v) is 8.91. The molecule has 4 aliphatic heterocycles. The van der Waals surface area contributed by atoms with Crippen molar-refractivity contribution in [1.82, 2.24) is 20.2 Å². The number of halogens is 3. The fourth-order valence-electron chi connectivity index (χ4n) is 8.63. The second kappa shape index (κ2) is 10.9. The number of piperazine rings is 1. The number of ether oxygens (including phenoxy) is 2. The number of nitrogens with zero attached hydrogens (tertiary/aromatic N) is 4. The van der Waals surface area contributed by atoms with E-state index in [0.717, 1.165) is 58.2 Å². The van der Waals surface area contributed by atoms with Crippen molar-refractivity contribution in [3.05, 3.63) is 53.1 Å². The van der Waals surface area contributed by atoms with Crippen LogP contribution in [0.2, 0.25) is 5.02 Å². The largest absolute Gasteiger partial charge is 0.508 e. The third-order valence-corrected chi connectivity index (χ3v) is 11.4. The molecule has 8 nitrogen and oxygen atoms in total. The lowest BCUT2D eigenvalue weighted by molar-refractivity contribution is -0.0460. The molecule has 0 radical (unpaired) electrons. The zero-order valence-electron chi connectivity index (χ0n) is 26.4. The Balaban J connectivity index is 1.12. The molecule has 4 atom stereocenters. The number of aromatic hydroxyl groups is 1. The summed E-state index contributed by atoms with van der Waals surface area (Å²) in [5.74, 6) is -1.26. The summed E-state index contributed by atoms with van der Waals surface area (Å²) in [4.78, 5) is 14.1. The van der Waals surface area contributed by atoms with Crippen LogP contribution in [0.5, 0.6) is 11.8 Å². The number of fused-ring (bicyclic) bond motifs is 6. The van der Waals surface area contributed by atoms with Crippen molar-refractivity contribution in [3.63, 3.8) is 0 Å². The van der Waals surface area contributed by atoms with Crippen LogP contribution in [0, 0.1) is 17.0 Å². The standard InChI is InChI=1S/C36H38ClF2N5O3/c1-35-8-7-21(42-35)14-44(17-35)33-26-13-28(38)30(25-12-22(45)11-20-3-2-4-27(37)29(20)25)31(39)32(26)40-34(41-33)46-19-36(9-10-36)18-43-15-23-5-6-24(16-43)47-23/h2-4,11-13,21,23-24,42,45H,5-10,14-19H2,1H3/t21?,23?,24?,35-/m0/s1. The van der Waals surface area contributed by atoms with Crippen LogP contribution in [0.4, 0.5) is 14.6 Å². The Morgan fingerprint density at radius 2 is 1.87 bits per heavy atom. The van der Waals surface area contributed by atoms with Gasteiger partial charge in [0.15, 0.2) is 5.82 Å². The molecule has 5 heterocycles. The van der Waals surface area contributed by atoms with Crippen LogP contribution < -0.4 is 15.0 Å². The highest BCUT2D eigenvalue weighted by Crippen LogP contribution is 2.48. The maximum Gasteiger partial charge on any atom is 0.319 e. The number of anilines is 1. The molecule has 47 heavy (non-hydrogen) atoms. The summed E-state index contributed by atoms with van der Waals surface area (Å²) in [5.41, 5.74) is -0.272. The molecule has 4 bridgehead atoms. The molecule has 1 aromatic heterocycles. The van der Waals surface area contributed by atoms with Crippen molar-refractivity contribution in [1.29, 1.82) is 0 Å². The summed E-state index contributed by atoms with van der Waals surface area (Å²) in [6.45, 7) is 6.75. The predicted octanol–water partition coefficient (Wildman–Crippen LogP) is 6.44. The number of hydrogen-bond donors (Lipinski definition) is 2. The highest BCUT2D eigenvalue weighted by molar-refractivity contribution is 6.36. The van der Waals surface area contributed by atoms with Crippen LogP contribution in [0.3, 0.4) is 0 Å². The SMILES string of the molecule is C[C@]12CCC(CN(c3nc(OCC4(CN5CC6CCC(C5)O6)CC4)nc4c(F)c(-c5cc(O)cc6cccc(Cl)c56)c(F)cc34)C1)N2. The second-order valence-electron chi connectivity index (χ2n) is 14.9. The zero-order valence-corrected chi connectivity index (χ0v) is 27.1. The summed E-state index contributed by atoms with van der Waals surface area (Å²) in [6.07, 6.45) is 7.05. The van der Waals surface area contributed by atoms with E-state index in [4.69, 9.17) is 26.1 Å². The molecule has 11 heteroatoms. The van der Waals surface area contributed by atoms with E-state index in [-0.39, 0.29) is 45.4 Å². The van der Waals surface area contributed by atoms with Crippen molar-refractivity contribution < 1.29 is 23.4 Å². The summed E-state index contributed by atoms with van der Waals surface area (Å²) in [7, 11) is 0. The molecule has 2 N–H and O–H groups in total. The van der Waals surface area contributed by atoms with Crippen LogP contribution in [0.1, 0.15) is 45.4 Å². The van der Waals surface area contributed by atoms with Gasteiger partial charge in [0, 0.05) is 71.1 Å². The van der Waals surface area contributed by atoms with Crippen molar-refractivity contribution in [2.45, 2.75) is 69.2 Å².